The summed E-state index contributed by atoms with van der Waals surface area (Å²) in [6.07, 6.45) is 0. The van der Waals surface area contributed by atoms with Gasteiger partial charge in [-0.1, -0.05) is 12.1 Å². The van der Waals surface area contributed by atoms with Gasteiger partial charge in [-0.2, -0.15) is 0 Å². The van der Waals surface area contributed by atoms with Crippen LogP contribution in [0.5, 0.6) is 0 Å². The highest BCUT2D eigenvalue weighted by molar-refractivity contribution is 7.89. The van der Waals surface area contributed by atoms with Crippen molar-refractivity contribution in [3.05, 3.63) is 65.2 Å². The minimum absolute atomic E-state index is 0.143. The Morgan fingerprint density at radius 1 is 1.12 bits per heavy atom. The summed E-state index contributed by atoms with van der Waals surface area (Å²) in [7, 11) is -2.62. The van der Waals surface area contributed by atoms with Gasteiger partial charge >= 0.3 is 5.97 Å². The monoisotopic (exact) mass is 384 g/mol. The molecule has 2 rings (SSSR count). The fourth-order valence-corrected chi connectivity index (χ4v) is 2.92. The molecule has 7 nitrogen and oxygen atoms in total. The van der Waals surface area contributed by atoms with Gasteiger partial charge in [0.05, 0.1) is 4.90 Å². The molecule has 0 heterocycles. The number of carbonyl (C=O) groups excluding carboxylic acids is 1. The first-order valence-corrected chi connectivity index (χ1v) is 8.66. The van der Waals surface area contributed by atoms with Crippen LogP contribution in [0.3, 0.4) is 0 Å². The van der Waals surface area contributed by atoms with Crippen molar-refractivity contribution in [2.24, 2.45) is 0 Å². The van der Waals surface area contributed by atoms with E-state index in [-0.39, 0.29) is 10.5 Å². The van der Waals surface area contributed by atoms with Crippen LogP contribution >= 0.6 is 0 Å². The lowest BCUT2D eigenvalue weighted by atomic mass is 10.1. The molecule has 0 saturated heterocycles. The molecule has 2 aromatic carbocycles. The van der Waals surface area contributed by atoms with Gasteiger partial charge < -0.3 is 10.4 Å². The molecule has 3 N–H and O–H groups in total. The molecule has 0 fully saturated rings. The quantitative estimate of drug-likeness (QED) is 0.697. The van der Waals surface area contributed by atoms with Gasteiger partial charge in [-0.15, -0.1) is 0 Å². The van der Waals surface area contributed by atoms with Crippen LogP contribution in [-0.2, 0) is 14.8 Å². The second kappa shape index (κ2) is 7.58. The van der Waals surface area contributed by atoms with Crippen LogP contribution in [0.4, 0.5) is 8.78 Å². The van der Waals surface area contributed by atoms with Crippen molar-refractivity contribution < 1.29 is 31.9 Å². The number of sulfonamides is 1. The number of aliphatic carboxylic acids is 1. The third-order valence-electron chi connectivity index (χ3n) is 3.47. The molecule has 138 valence electrons. The number of hydrogen-bond donors (Lipinski definition) is 3. The summed E-state index contributed by atoms with van der Waals surface area (Å²) in [4.78, 5) is 23.5. The average molecular weight is 384 g/mol. The summed E-state index contributed by atoms with van der Waals surface area (Å²) in [5, 5.41) is 11.3. The van der Waals surface area contributed by atoms with Gasteiger partial charge in [-0.25, -0.2) is 26.7 Å². The Kier molecular flexibility index (Phi) is 5.68. The Bertz CT molecular complexity index is 963. The van der Waals surface area contributed by atoms with Crippen molar-refractivity contribution in [2.45, 2.75) is 10.9 Å². The van der Waals surface area contributed by atoms with E-state index in [9.17, 15) is 31.9 Å². The van der Waals surface area contributed by atoms with E-state index in [1.165, 1.54) is 25.2 Å². The number of amides is 1. The van der Waals surface area contributed by atoms with Gasteiger partial charge in [0, 0.05) is 17.2 Å². The number of carbonyl (C=O) groups is 2. The van der Waals surface area contributed by atoms with Gasteiger partial charge in [0.25, 0.3) is 5.91 Å². The van der Waals surface area contributed by atoms with Crippen molar-refractivity contribution in [1.29, 1.82) is 0 Å². The molecule has 26 heavy (non-hydrogen) atoms. The molecular weight excluding hydrogens is 370 g/mol. The van der Waals surface area contributed by atoms with E-state index in [4.69, 9.17) is 0 Å². The van der Waals surface area contributed by atoms with E-state index in [0.29, 0.717) is 6.07 Å². The predicted octanol–water partition coefficient (Wildman–Crippen LogP) is 1.43. The van der Waals surface area contributed by atoms with E-state index in [1.807, 2.05) is 0 Å². The first kappa shape index (κ1) is 19.5. The number of benzene rings is 2. The second-order valence-corrected chi connectivity index (χ2v) is 7.03. The summed E-state index contributed by atoms with van der Waals surface area (Å²) >= 11 is 0. The molecule has 0 spiro atoms. The molecule has 10 heteroatoms. The lowest BCUT2D eigenvalue weighted by Crippen LogP contribution is -2.34. The summed E-state index contributed by atoms with van der Waals surface area (Å²) in [6, 6.07) is 5.34. The largest absolute Gasteiger partial charge is 0.479 e. The highest BCUT2D eigenvalue weighted by Gasteiger charge is 2.26. The number of hydrogen-bond acceptors (Lipinski definition) is 4. The molecule has 0 saturated carbocycles. The number of rotatable bonds is 6. The zero-order valence-corrected chi connectivity index (χ0v) is 14.2. The lowest BCUT2D eigenvalue weighted by Gasteiger charge is -2.16. The van der Waals surface area contributed by atoms with Crippen molar-refractivity contribution in [3.63, 3.8) is 0 Å². The number of carboxylic acids is 1. The van der Waals surface area contributed by atoms with Crippen LogP contribution in [0, 0.1) is 11.6 Å². The molecule has 0 aromatic heterocycles. The van der Waals surface area contributed by atoms with Crippen LogP contribution in [0.1, 0.15) is 22.0 Å². The van der Waals surface area contributed by atoms with Gasteiger partial charge in [-0.3, -0.25) is 4.79 Å². The third kappa shape index (κ3) is 4.21. The minimum Gasteiger partial charge on any atom is -0.479 e. The van der Waals surface area contributed by atoms with Crippen LogP contribution in [-0.4, -0.2) is 32.4 Å². The van der Waals surface area contributed by atoms with Crippen LogP contribution in [0.15, 0.2) is 47.4 Å². The SMILES string of the molecule is CNS(=O)(=O)c1cccc(C(=O)NC(C(=O)O)c2ccc(F)cc2F)c1. The molecule has 1 atom stereocenters. The second-order valence-electron chi connectivity index (χ2n) is 5.15. The summed E-state index contributed by atoms with van der Waals surface area (Å²) in [5.41, 5.74) is -0.582. The van der Waals surface area contributed by atoms with E-state index in [0.717, 1.165) is 18.2 Å². The molecule has 0 radical (unpaired) electrons. The molecule has 2 aromatic rings. The Labute approximate surface area is 147 Å². The molecule has 1 amide bonds. The maximum atomic E-state index is 13.8. The van der Waals surface area contributed by atoms with Crippen molar-refractivity contribution in [2.75, 3.05) is 7.05 Å². The predicted molar refractivity (Wildman–Crippen MR) is 86.9 cm³/mol. The Morgan fingerprint density at radius 2 is 1.81 bits per heavy atom. The van der Waals surface area contributed by atoms with Gasteiger partial charge in [0.2, 0.25) is 10.0 Å². The summed E-state index contributed by atoms with van der Waals surface area (Å²) < 4.78 is 52.5. The Balaban J connectivity index is 2.34. The molecule has 0 aliphatic rings. The third-order valence-corrected chi connectivity index (χ3v) is 4.88. The normalized spacial score (nSPS) is 12.4. The molecular formula is C16H14F2N2O5S. The maximum Gasteiger partial charge on any atom is 0.331 e. The summed E-state index contributed by atoms with van der Waals surface area (Å²) in [6.45, 7) is 0. The number of carboxylic acid groups (broad SMARTS) is 1. The minimum atomic E-state index is -3.81. The van der Waals surface area contributed by atoms with E-state index in [1.54, 1.807) is 0 Å². The van der Waals surface area contributed by atoms with E-state index >= 15 is 0 Å². The summed E-state index contributed by atoms with van der Waals surface area (Å²) in [5.74, 6) is -4.53. The average Bonchev–Trinajstić information content (AvgIpc) is 2.60. The molecule has 0 aliphatic heterocycles. The van der Waals surface area contributed by atoms with E-state index in [2.05, 4.69) is 10.0 Å². The molecule has 0 aliphatic carbocycles. The van der Waals surface area contributed by atoms with Crippen LogP contribution in [0.25, 0.3) is 0 Å². The number of nitrogens with one attached hydrogen (secondary N) is 2. The smallest absolute Gasteiger partial charge is 0.331 e. The fourth-order valence-electron chi connectivity index (χ4n) is 2.14. The first-order valence-electron chi connectivity index (χ1n) is 7.18. The van der Waals surface area contributed by atoms with Crippen LogP contribution in [0.2, 0.25) is 0 Å². The standard InChI is InChI=1S/C16H14F2N2O5S/c1-19-26(24,25)11-4-2-3-9(7-11)15(21)20-14(16(22)23)12-6-5-10(17)8-13(12)18/h2-8,14,19H,1H3,(H,20,21)(H,22,23). The molecule has 1 unspecified atom stereocenters. The van der Waals surface area contributed by atoms with Gasteiger partial charge in [0.15, 0.2) is 6.04 Å². The zero-order valence-electron chi connectivity index (χ0n) is 13.4. The highest BCUT2D eigenvalue weighted by Crippen LogP contribution is 2.20. The lowest BCUT2D eigenvalue weighted by molar-refractivity contribution is -0.139. The molecule has 0 bridgehead atoms. The first-order chi connectivity index (χ1) is 12.2. The Hall–Kier alpha value is -2.85. The van der Waals surface area contributed by atoms with Gasteiger partial charge in [-0.05, 0) is 31.3 Å². The van der Waals surface area contributed by atoms with E-state index < -0.39 is 45.1 Å². The van der Waals surface area contributed by atoms with Crippen molar-refractivity contribution in [1.82, 2.24) is 10.0 Å². The Morgan fingerprint density at radius 3 is 2.38 bits per heavy atom. The highest BCUT2D eigenvalue weighted by atomic mass is 32.2. The maximum absolute atomic E-state index is 13.8. The topological polar surface area (TPSA) is 113 Å². The van der Waals surface area contributed by atoms with Crippen molar-refractivity contribution in [3.8, 4) is 0 Å². The fraction of sp³-hybridized carbons (Fsp3) is 0.125. The van der Waals surface area contributed by atoms with Crippen molar-refractivity contribution >= 4 is 21.9 Å². The zero-order chi connectivity index (χ0) is 19.5. The van der Waals surface area contributed by atoms with Gasteiger partial charge in [0.1, 0.15) is 11.6 Å². The van der Waals surface area contributed by atoms with Crippen LogP contribution < -0.4 is 10.0 Å². The number of halogens is 2.